The second-order valence-electron chi connectivity index (χ2n) is 7.90. The van der Waals surface area contributed by atoms with Crippen molar-refractivity contribution in [1.82, 2.24) is 9.88 Å². The zero-order chi connectivity index (χ0) is 21.2. The van der Waals surface area contributed by atoms with Crippen molar-refractivity contribution in [3.8, 4) is 10.9 Å². The van der Waals surface area contributed by atoms with Crippen LogP contribution in [0.2, 0.25) is 0 Å². The molecule has 31 heavy (non-hydrogen) atoms. The number of amides is 1. The van der Waals surface area contributed by atoms with Gasteiger partial charge in [0.1, 0.15) is 11.9 Å². The highest BCUT2D eigenvalue weighted by atomic mass is 32.1. The first-order chi connectivity index (χ1) is 15.2. The number of hydrogen-bond donors (Lipinski definition) is 0. The van der Waals surface area contributed by atoms with Crippen LogP contribution in [-0.2, 0) is 4.79 Å². The Kier molecular flexibility index (Phi) is 5.47. The zero-order valence-corrected chi connectivity index (χ0v) is 18.2. The number of nitrogens with zero attached hydrogens (tertiary/aromatic N) is 2. The number of likely N-dealkylation sites (tertiary alicyclic amines) is 1. The lowest BCUT2D eigenvalue weighted by molar-refractivity contribution is -0.135. The monoisotopic (exact) mass is 432 g/mol. The fourth-order valence-corrected chi connectivity index (χ4v) is 4.93. The molecule has 0 atom stereocenters. The van der Waals surface area contributed by atoms with Crippen LogP contribution in [0.25, 0.3) is 21.0 Å². The topological polar surface area (TPSA) is 51.7 Å². The smallest absolute Gasteiger partial charge is 0.274 e. The van der Waals surface area contributed by atoms with Crippen molar-refractivity contribution >= 4 is 38.2 Å². The van der Waals surface area contributed by atoms with Crippen LogP contribution in [0.3, 0.4) is 0 Å². The van der Waals surface area contributed by atoms with E-state index in [1.54, 1.807) is 11.3 Å². The van der Waals surface area contributed by atoms with Gasteiger partial charge in [0.05, 0.1) is 10.2 Å². The molecule has 2 heterocycles. The van der Waals surface area contributed by atoms with E-state index in [-0.39, 0.29) is 18.6 Å². The van der Waals surface area contributed by atoms with Crippen LogP contribution in [0, 0.1) is 6.92 Å². The highest BCUT2D eigenvalue weighted by molar-refractivity contribution is 7.20. The molecule has 1 aliphatic rings. The molecule has 1 fully saturated rings. The Morgan fingerprint density at radius 2 is 1.87 bits per heavy atom. The third-order valence-corrected chi connectivity index (χ3v) is 6.66. The molecule has 1 saturated heterocycles. The van der Waals surface area contributed by atoms with E-state index in [1.165, 1.54) is 0 Å². The van der Waals surface area contributed by atoms with Gasteiger partial charge < -0.3 is 14.4 Å². The quantitative estimate of drug-likeness (QED) is 0.435. The van der Waals surface area contributed by atoms with Gasteiger partial charge in [-0.3, -0.25) is 4.79 Å². The molecule has 0 aliphatic carbocycles. The predicted molar refractivity (Wildman–Crippen MR) is 124 cm³/mol. The van der Waals surface area contributed by atoms with Gasteiger partial charge in [0.2, 0.25) is 0 Å². The lowest BCUT2D eigenvalue weighted by atomic mass is 10.1. The van der Waals surface area contributed by atoms with Crippen molar-refractivity contribution in [3.63, 3.8) is 0 Å². The maximum absolute atomic E-state index is 12.6. The second kappa shape index (κ2) is 8.55. The second-order valence-corrected chi connectivity index (χ2v) is 8.89. The van der Waals surface area contributed by atoms with Crippen LogP contribution in [0.15, 0.2) is 60.7 Å². The van der Waals surface area contributed by atoms with Crippen molar-refractivity contribution in [2.45, 2.75) is 25.9 Å². The van der Waals surface area contributed by atoms with E-state index in [0.29, 0.717) is 18.3 Å². The Hall–Kier alpha value is -3.12. The van der Waals surface area contributed by atoms with Gasteiger partial charge in [0.15, 0.2) is 6.61 Å². The average molecular weight is 433 g/mol. The molecule has 1 aromatic heterocycles. The Balaban J connectivity index is 1.13. The fourth-order valence-electron chi connectivity index (χ4n) is 3.98. The molecule has 0 saturated carbocycles. The fraction of sp³-hybridized carbons (Fsp3) is 0.280. The van der Waals surface area contributed by atoms with Crippen LogP contribution >= 0.6 is 11.3 Å². The molecule has 3 aromatic carbocycles. The normalized spacial score (nSPS) is 14.8. The number of piperidine rings is 1. The first kappa shape index (κ1) is 19.8. The largest absolute Gasteiger partial charge is 0.484 e. The number of thiazole rings is 1. The van der Waals surface area contributed by atoms with E-state index in [2.05, 4.69) is 30.1 Å². The summed E-state index contributed by atoms with van der Waals surface area (Å²) in [4.78, 5) is 19.1. The van der Waals surface area contributed by atoms with Gasteiger partial charge >= 0.3 is 0 Å². The molecule has 1 aliphatic heterocycles. The number of carbonyl (C=O) groups excluding carboxylic acids is 1. The summed E-state index contributed by atoms with van der Waals surface area (Å²) in [7, 11) is 0. The third-order valence-electron chi connectivity index (χ3n) is 5.75. The lowest BCUT2D eigenvalue weighted by Gasteiger charge is -2.31. The number of fused-ring (bicyclic) bond motifs is 2. The van der Waals surface area contributed by atoms with E-state index in [0.717, 1.165) is 45.1 Å². The van der Waals surface area contributed by atoms with Crippen LogP contribution in [0.4, 0.5) is 0 Å². The summed E-state index contributed by atoms with van der Waals surface area (Å²) in [6.45, 7) is 3.47. The summed E-state index contributed by atoms with van der Waals surface area (Å²) in [5.41, 5.74) is 2.18. The molecule has 0 unspecified atom stereocenters. The molecule has 0 radical (unpaired) electrons. The highest BCUT2D eigenvalue weighted by Gasteiger charge is 2.25. The van der Waals surface area contributed by atoms with Crippen LogP contribution in [0.1, 0.15) is 18.4 Å². The van der Waals surface area contributed by atoms with Gasteiger partial charge in [-0.2, -0.15) is 0 Å². The van der Waals surface area contributed by atoms with Crippen molar-refractivity contribution in [2.24, 2.45) is 0 Å². The molecule has 5 rings (SSSR count). The van der Waals surface area contributed by atoms with E-state index >= 15 is 0 Å². The van der Waals surface area contributed by atoms with E-state index in [1.807, 2.05) is 47.4 Å². The van der Waals surface area contributed by atoms with E-state index in [9.17, 15) is 4.79 Å². The van der Waals surface area contributed by atoms with Crippen LogP contribution in [0.5, 0.6) is 10.9 Å². The van der Waals surface area contributed by atoms with E-state index in [4.69, 9.17) is 9.47 Å². The van der Waals surface area contributed by atoms with Crippen molar-refractivity contribution in [3.05, 3.63) is 66.2 Å². The Morgan fingerprint density at radius 3 is 2.68 bits per heavy atom. The number of aromatic nitrogens is 1. The number of ether oxygens (including phenoxy) is 2. The summed E-state index contributed by atoms with van der Waals surface area (Å²) in [5, 5.41) is 2.98. The van der Waals surface area contributed by atoms with Crippen molar-refractivity contribution in [2.75, 3.05) is 19.7 Å². The molecule has 0 bridgehead atoms. The lowest BCUT2D eigenvalue weighted by Crippen LogP contribution is -2.43. The van der Waals surface area contributed by atoms with Gasteiger partial charge in [-0.15, -0.1) is 0 Å². The van der Waals surface area contributed by atoms with Crippen molar-refractivity contribution < 1.29 is 14.3 Å². The Bertz CT molecular complexity index is 1230. The minimum Gasteiger partial charge on any atom is -0.484 e. The van der Waals surface area contributed by atoms with Gasteiger partial charge in [-0.1, -0.05) is 53.8 Å². The first-order valence-corrected chi connectivity index (χ1v) is 11.4. The average Bonchev–Trinajstić information content (AvgIpc) is 3.22. The van der Waals surface area contributed by atoms with Crippen LogP contribution in [-0.4, -0.2) is 41.6 Å². The van der Waals surface area contributed by atoms with Gasteiger partial charge in [0, 0.05) is 25.9 Å². The minimum atomic E-state index is 0.0159. The summed E-state index contributed by atoms with van der Waals surface area (Å²) in [6, 6.07) is 20.2. The SMILES string of the molecule is Cc1cccc2sc(OC3CCN(C(=O)COc4ccc5ccccc5c4)CC3)nc12. The molecular formula is C25H24N2O3S. The summed E-state index contributed by atoms with van der Waals surface area (Å²) in [6.07, 6.45) is 1.69. The number of para-hydroxylation sites is 1. The number of carbonyl (C=O) groups is 1. The number of rotatable bonds is 5. The minimum absolute atomic E-state index is 0.0159. The zero-order valence-electron chi connectivity index (χ0n) is 17.4. The maximum Gasteiger partial charge on any atom is 0.274 e. The standard InChI is InChI=1S/C25H24N2O3S/c1-17-5-4-8-22-24(17)26-25(31-22)30-20-11-13-27(14-12-20)23(28)16-29-21-10-9-18-6-2-3-7-19(18)15-21/h2-10,15,20H,11-14,16H2,1H3. The molecule has 158 valence electrons. The summed E-state index contributed by atoms with van der Waals surface area (Å²) in [5.74, 6) is 0.735. The van der Waals surface area contributed by atoms with Crippen molar-refractivity contribution in [1.29, 1.82) is 0 Å². The molecule has 1 amide bonds. The third kappa shape index (κ3) is 4.35. The van der Waals surface area contributed by atoms with Gasteiger partial charge in [-0.05, 0) is 41.5 Å². The van der Waals surface area contributed by atoms with Gasteiger partial charge in [0.25, 0.3) is 11.1 Å². The number of hydrogen-bond acceptors (Lipinski definition) is 5. The van der Waals surface area contributed by atoms with E-state index < -0.39 is 0 Å². The Labute approximate surface area is 185 Å². The molecular weight excluding hydrogens is 408 g/mol. The number of aryl methyl sites for hydroxylation is 1. The number of benzene rings is 3. The van der Waals surface area contributed by atoms with Crippen LogP contribution < -0.4 is 9.47 Å². The highest BCUT2D eigenvalue weighted by Crippen LogP contribution is 2.31. The summed E-state index contributed by atoms with van der Waals surface area (Å²) >= 11 is 1.58. The molecule has 5 nitrogen and oxygen atoms in total. The molecule has 0 N–H and O–H groups in total. The maximum atomic E-state index is 12.6. The Morgan fingerprint density at radius 1 is 1.06 bits per heavy atom. The van der Waals surface area contributed by atoms with Gasteiger partial charge in [-0.25, -0.2) is 4.98 Å². The predicted octanol–water partition coefficient (Wildman–Crippen LogP) is 5.21. The molecule has 6 heteroatoms. The summed E-state index contributed by atoms with van der Waals surface area (Å²) < 4.78 is 13.0. The molecule has 0 spiro atoms. The first-order valence-electron chi connectivity index (χ1n) is 10.6. The molecule has 4 aromatic rings.